The first-order valence-corrected chi connectivity index (χ1v) is 7.81. The van der Waals surface area contributed by atoms with Crippen molar-refractivity contribution in [3.63, 3.8) is 0 Å². The van der Waals surface area contributed by atoms with E-state index in [1.165, 1.54) is 0 Å². The molecule has 0 saturated heterocycles. The Bertz CT molecular complexity index is 500. The summed E-state index contributed by atoms with van der Waals surface area (Å²) in [6.07, 6.45) is 1.36. The zero-order chi connectivity index (χ0) is 13.8. The monoisotopic (exact) mass is 268 g/mol. The van der Waals surface area contributed by atoms with Crippen LogP contribution in [0.4, 0.5) is 0 Å². The molecular weight excluding hydrogens is 248 g/mol. The lowest BCUT2D eigenvalue weighted by Crippen LogP contribution is -2.06. The number of ketones is 1. The van der Waals surface area contributed by atoms with Crippen molar-refractivity contribution in [2.45, 2.75) is 38.5 Å². The van der Waals surface area contributed by atoms with Crippen LogP contribution in [0.15, 0.2) is 29.2 Å². The van der Waals surface area contributed by atoms with Crippen molar-refractivity contribution in [3.05, 3.63) is 29.8 Å². The summed E-state index contributed by atoms with van der Waals surface area (Å²) >= 11 is 0. The lowest BCUT2D eigenvalue weighted by atomic mass is 9.97. The second kappa shape index (κ2) is 6.14. The molecule has 0 spiro atoms. The maximum Gasteiger partial charge on any atom is 0.178 e. The van der Waals surface area contributed by atoms with E-state index in [9.17, 15) is 13.2 Å². The Hall–Kier alpha value is -1.16. The minimum Gasteiger partial charge on any atom is -0.300 e. The standard InChI is InChI=1S/C14H20O3S/c1-4-18(16,17)14-7-5-13(6-8-14)10-11(2)9-12(3)15/h5-8,11H,4,9-10H2,1-3H3. The Kier molecular flexibility index (Phi) is 5.08. The number of carbonyl (C=O) groups is 1. The van der Waals surface area contributed by atoms with E-state index < -0.39 is 9.84 Å². The number of hydrogen-bond acceptors (Lipinski definition) is 3. The third-order valence-corrected chi connectivity index (χ3v) is 4.63. The minimum atomic E-state index is -3.12. The second-order valence-corrected chi connectivity index (χ2v) is 7.04. The molecule has 1 aromatic rings. The van der Waals surface area contributed by atoms with Crippen molar-refractivity contribution in [2.75, 3.05) is 5.75 Å². The van der Waals surface area contributed by atoms with Gasteiger partial charge in [-0.05, 0) is 37.0 Å². The molecule has 100 valence electrons. The lowest BCUT2D eigenvalue weighted by Gasteiger charge is -2.10. The molecule has 3 nitrogen and oxygen atoms in total. The highest BCUT2D eigenvalue weighted by Crippen LogP contribution is 2.16. The zero-order valence-electron chi connectivity index (χ0n) is 11.1. The van der Waals surface area contributed by atoms with Crippen LogP contribution in [-0.4, -0.2) is 20.0 Å². The summed E-state index contributed by atoms with van der Waals surface area (Å²) in [5, 5.41) is 0. The van der Waals surface area contributed by atoms with Crippen molar-refractivity contribution >= 4 is 15.6 Å². The third kappa shape index (κ3) is 4.26. The van der Waals surface area contributed by atoms with Crippen molar-refractivity contribution in [1.29, 1.82) is 0 Å². The molecule has 1 unspecified atom stereocenters. The lowest BCUT2D eigenvalue weighted by molar-refractivity contribution is -0.117. The summed E-state index contributed by atoms with van der Waals surface area (Å²) in [4.78, 5) is 11.4. The molecule has 0 aliphatic rings. The Morgan fingerprint density at radius 1 is 1.22 bits per heavy atom. The zero-order valence-corrected chi connectivity index (χ0v) is 12.0. The maximum atomic E-state index is 11.6. The molecule has 18 heavy (non-hydrogen) atoms. The van der Waals surface area contributed by atoms with Gasteiger partial charge >= 0.3 is 0 Å². The Morgan fingerprint density at radius 2 is 1.78 bits per heavy atom. The highest BCUT2D eigenvalue weighted by molar-refractivity contribution is 7.91. The number of hydrogen-bond donors (Lipinski definition) is 0. The SMILES string of the molecule is CCS(=O)(=O)c1ccc(CC(C)CC(C)=O)cc1. The van der Waals surface area contributed by atoms with Gasteiger partial charge in [-0.15, -0.1) is 0 Å². The summed E-state index contributed by atoms with van der Waals surface area (Å²) in [6, 6.07) is 6.96. The third-order valence-electron chi connectivity index (χ3n) is 2.88. The van der Waals surface area contributed by atoms with E-state index in [-0.39, 0.29) is 17.5 Å². The molecule has 0 radical (unpaired) electrons. The van der Waals surface area contributed by atoms with Crippen LogP contribution < -0.4 is 0 Å². The molecule has 1 rings (SSSR count). The van der Waals surface area contributed by atoms with E-state index in [0.29, 0.717) is 11.3 Å². The van der Waals surface area contributed by atoms with Gasteiger partial charge < -0.3 is 4.79 Å². The normalized spacial score (nSPS) is 13.3. The van der Waals surface area contributed by atoms with E-state index in [1.54, 1.807) is 26.0 Å². The first-order chi connectivity index (χ1) is 8.35. The predicted molar refractivity (Wildman–Crippen MR) is 72.3 cm³/mol. The van der Waals surface area contributed by atoms with Crippen LogP contribution in [0.1, 0.15) is 32.8 Å². The van der Waals surface area contributed by atoms with Gasteiger partial charge in [-0.25, -0.2) is 8.42 Å². The summed E-state index contributed by atoms with van der Waals surface area (Å²) in [5.74, 6) is 0.594. The Morgan fingerprint density at radius 3 is 2.22 bits per heavy atom. The molecule has 0 aliphatic carbocycles. The van der Waals surface area contributed by atoms with Crippen LogP contribution in [0.3, 0.4) is 0 Å². The maximum absolute atomic E-state index is 11.6. The second-order valence-electron chi connectivity index (χ2n) is 4.76. The molecule has 1 aromatic carbocycles. The van der Waals surface area contributed by atoms with Gasteiger partial charge in [0.2, 0.25) is 0 Å². The van der Waals surface area contributed by atoms with Gasteiger partial charge in [0.1, 0.15) is 5.78 Å². The summed E-state index contributed by atoms with van der Waals surface area (Å²) in [7, 11) is -3.12. The van der Waals surface area contributed by atoms with E-state index in [2.05, 4.69) is 0 Å². The van der Waals surface area contributed by atoms with Crippen LogP contribution in [0, 0.1) is 5.92 Å². The van der Waals surface area contributed by atoms with E-state index in [0.717, 1.165) is 12.0 Å². The molecule has 4 heteroatoms. The van der Waals surface area contributed by atoms with E-state index in [4.69, 9.17) is 0 Å². The van der Waals surface area contributed by atoms with Gasteiger partial charge in [-0.1, -0.05) is 26.0 Å². The highest BCUT2D eigenvalue weighted by atomic mass is 32.2. The van der Waals surface area contributed by atoms with Crippen LogP contribution in [0.25, 0.3) is 0 Å². The summed E-state index contributed by atoms with van der Waals surface area (Å²) in [6.45, 7) is 5.25. The highest BCUT2D eigenvalue weighted by Gasteiger charge is 2.12. The molecule has 0 N–H and O–H groups in total. The van der Waals surface area contributed by atoms with Gasteiger partial charge in [0.05, 0.1) is 10.6 Å². The molecule has 0 heterocycles. The number of Topliss-reactive ketones (excluding diaryl/α,β-unsaturated/α-hetero) is 1. The molecule has 0 saturated carbocycles. The van der Waals surface area contributed by atoms with E-state index in [1.807, 2.05) is 19.1 Å². The average Bonchev–Trinajstić information content (AvgIpc) is 2.28. The van der Waals surface area contributed by atoms with Crippen molar-refractivity contribution < 1.29 is 13.2 Å². The topological polar surface area (TPSA) is 51.2 Å². The molecule has 1 atom stereocenters. The number of rotatable bonds is 6. The van der Waals surface area contributed by atoms with Crippen molar-refractivity contribution in [1.82, 2.24) is 0 Å². The minimum absolute atomic E-state index is 0.118. The summed E-state index contributed by atoms with van der Waals surface area (Å²) < 4.78 is 23.3. The number of sulfone groups is 1. The Balaban J connectivity index is 2.75. The number of carbonyl (C=O) groups excluding carboxylic acids is 1. The van der Waals surface area contributed by atoms with Crippen molar-refractivity contribution in [3.8, 4) is 0 Å². The van der Waals surface area contributed by atoms with Gasteiger partial charge in [-0.2, -0.15) is 0 Å². The fourth-order valence-electron chi connectivity index (χ4n) is 1.96. The first-order valence-electron chi connectivity index (χ1n) is 6.16. The number of benzene rings is 1. The largest absolute Gasteiger partial charge is 0.300 e. The molecule has 0 aliphatic heterocycles. The fraction of sp³-hybridized carbons (Fsp3) is 0.500. The molecule has 0 amide bonds. The van der Waals surface area contributed by atoms with Crippen LogP contribution in [-0.2, 0) is 21.1 Å². The van der Waals surface area contributed by atoms with Crippen LogP contribution >= 0.6 is 0 Å². The summed E-state index contributed by atoms with van der Waals surface area (Å²) in [5.41, 5.74) is 1.07. The Labute approximate surface area is 109 Å². The van der Waals surface area contributed by atoms with Gasteiger partial charge in [0.25, 0.3) is 0 Å². The van der Waals surface area contributed by atoms with Crippen LogP contribution in [0.5, 0.6) is 0 Å². The smallest absolute Gasteiger partial charge is 0.178 e. The first kappa shape index (κ1) is 14.9. The van der Waals surface area contributed by atoms with E-state index >= 15 is 0 Å². The molecule has 0 aromatic heterocycles. The molecule has 0 bridgehead atoms. The van der Waals surface area contributed by atoms with Gasteiger partial charge in [0, 0.05) is 6.42 Å². The quantitative estimate of drug-likeness (QED) is 0.797. The van der Waals surface area contributed by atoms with Crippen molar-refractivity contribution in [2.24, 2.45) is 5.92 Å². The molecular formula is C14H20O3S. The molecule has 0 fully saturated rings. The average molecular weight is 268 g/mol. The van der Waals surface area contributed by atoms with Gasteiger partial charge in [-0.3, -0.25) is 0 Å². The van der Waals surface area contributed by atoms with Gasteiger partial charge in [0.15, 0.2) is 9.84 Å². The fourth-order valence-corrected chi connectivity index (χ4v) is 2.85. The predicted octanol–water partition coefficient (Wildman–Crippen LogP) is 2.64. The van der Waals surface area contributed by atoms with Crippen LogP contribution in [0.2, 0.25) is 0 Å².